The van der Waals surface area contributed by atoms with E-state index in [1.54, 1.807) is 0 Å². The van der Waals surface area contributed by atoms with Crippen molar-refractivity contribution in [1.82, 2.24) is 5.32 Å². The van der Waals surface area contributed by atoms with Crippen LogP contribution in [0.1, 0.15) is 37.7 Å². The maximum atomic E-state index is 12.4. The summed E-state index contributed by atoms with van der Waals surface area (Å²) in [5.41, 5.74) is 7.42. The zero-order valence-electron chi connectivity index (χ0n) is 12.2. The van der Waals surface area contributed by atoms with Gasteiger partial charge in [0.2, 0.25) is 5.91 Å². The number of benzene rings is 1. The molecule has 2 fully saturated rings. The van der Waals surface area contributed by atoms with Crippen LogP contribution in [0, 0.1) is 17.8 Å². The minimum Gasteiger partial charge on any atom is -0.352 e. The third kappa shape index (κ3) is 3.49. The van der Waals surface area contributed by atoms with Gasteiger partial charge in [0, 0.05) is 23.0 Å². The maximum absolute atomic E-state index is 12.4. The topological polar surface area (TPSA) is 55.1 Å². The number of halogens is 1. The van der Waals surface area contributed by atoms with Crippen molar-refractivity contribution < 1.29 is 4.79 Å². The van der Waals surface area contributed by atoms with Crippen molar-refractivity contribution in [3.8, 4) is 0 Å². The van der Waals surface area contributed by atoms with E-state index < -0.39 is 0 Å². The van der Waals surface area contributed by atoms with Crippen molar-refractivity contribution in [3.63, 3.8) is 0 Å². The van der Waals surface area contributed by atoms with Crippen LogP contribution in [-0.4, -0.2) is 11.9 Å². The number of nitrogens with two attached hydrogens (primary N) is 1. The van der Waals surface area contributed by atoms with E-state index in [1.807, 2.05) is 24.3 Å². The molecule has 0 aromatic heterocycles. The zero-order valence-corrected chi connectivity index (χ0v) is 13.8. The smallest absolute Gasteiger partial charge is 0.223 e. The van der Waals surface area contributed by atoms with E-state index in [1.165, 1.54) is 19.3 Å². The average molecular weight is 351 g/mol. The standard InChI is InChI=1S/C17H23BrN2O/c18-15-6-1-3-11(7-15)10-20-17(21)14-8-12-4-2-5-13(9-14)16(12)19/h1,3,6-7,12-14,16H,2,4-5,8-10,19H2,(H,20,21). The van der Waals surface area contributed by atoms with Crippen molar-refractivity contribution in [1.29, 1.82) is 0 Å². The minimum absolute atomic E-state index is 0.159. The number of fused-ring (bicyclic) bond motifs is 2. The SMILES string of the molecule is NC1C2CCCC1CC(C(=O)NCc1cccc(Br)c1)C2. The largest absolute Gasteiger partial charge is 0.352 e. The molecule has 3 rings (SSSR count). The van der Waals surface area contributed by atoms with Gasteiger partial charge >= 0.3 is 0 Å². The van der Waals surface area contributed by atoms with Crippen LogP contribution in [0.2, 0.25) is 0 Å². The normalized spacial score (nSPS) is 31.7. The molecule has 1 amide bonds. The fourth-order valence-electron chi connectivity index (χ4n) is 3.98. The third-order valence-electron chi connectivity index (χ3n) is 5.14. The predicted molar refractivity (Wildman–Crippen MR) is 87.5 cm³/mol. The first-order chi connectivity index (χ1) is 10.1. The van der Waals surface area contributed by atoms with E-state index in [0.29, 0.717) is 24.4 Å². The molecule has 0 spiro atoms. The Hall–Kier alpha value is -0.870. The fraction of sp³-hybridized carbons (Fsp3) is 0.588. The van der Waals surface area contributed by atoms with Gasteiger partial charge in [-0.15, -0.1) is 0 Å². The highest BCUT2D eigenvalue weighted by Crippen LogP contribution is 2.41. The Morgan fingerprint density at radius 2 is 2.00 bits per heavy atom. The first-order valence-corrected chi connectivity index (χ1v) is 8.70. The van der Waals surface area contributed by atoms with E-state index >= 15 is 0 Å². The lowest BCUT2D eigenvalue weighted by molar-refractivity contribution is -0.128. The lowest BCUT2D eigenvalue weighted by atomic mass is 9.65. The summed E-state index contributed by atoms with van der Waals surface area (Å²) in [6, 6.07) is 8.40. The van der Waals surface area contributed by atoms with Gasteiger partial charge < -0.3 is 11.1 Å². The Balaban J connectivity index is 1.56. The van der Waals surface area contributed by atoms with Crippen molar-refractivity contribution in [2.45, 2.75) is 44.7 Å². The van der Waals surface area contributed by atoms with Crippen molar-refractivity contribution in [2.75, 3.05) is 0 Å². The van der Waals surface area contributed by atoms with Gasteiger partial charge in [-0.1, -0.05) is 34.5 Å². The molecule has 2 aliphatic carbocycles. The van der Waals surface area contributed by atoms with Gasteiger partial charge in [0.25, 0.3) is 0 Å². The van der Waals surface area contributed by atoms with Crippen LogP contribution in [0.15, 0.2) is 28.7 Å². The molecule has 21 heavy (non-hydrogen) atoms. The van der Waals surface area contributed by atoms with Crippen LogP contribution in [0.4, 0.5) is 0 Å². The van der Waals surface area contributed by atoms with Gasteiger partial charge in [0.15, 0.2) is 0 Å². The highest BCUT2D eigenvalue weighted by molar-refractivity contribution is 9.10. The second-order valence-corrected chi connectivity index (χ2v) is 7.46. The highest BCUT2D eigenvalue weighted by Gasteiger charge is 2.40. The summed E-state index contributed by atoms with van der Waals surface area (Å²) in [7, 11) is 0. The molecular formula is C17H23BrN2O. The molecular weight excluding hydrogens is 328 g/mol. The maximum Gasteiger partial charge on any atom is 0.223 e. The Morgan fingerprint density at radius 1 is 1.29 bits per heavy atom. The van der Waals surface area contributed by atoms with Gasteiger partial charge in [-0.3, -0.25) is 4.79 Å². The summed E-state index contributed by atoms with van der Waals surface area (Å²) in [5, 5.41) is 3.10. The Bertz CT molecular complexity index is 505. The van der Waals surface area contributed by atoms with Crippen molar-refractivity contribution in [2.24, 2.45) is 23.5 Å². The second kappa shape index (κ2) is 6.49. The summed E-state index contributed by atoms with van der Waals surface area (Å²) >= 11 is 3.46. The summed E-state index contributed by atoms with van der Waals surface area (Å²) < 4.78 is 1.05. The van der Waals surface area contributed by atoms with Gasteiger partial charge in [-0.05, 0) is 55.2 Å². The summed E-state index contributed by atoms with van der Waals surface area (Å²) in [6.07, 6.45) is 5.64. The number of carbonyl (C=O) groups is 1. The molecule has 0 heterocycles. The van der Waals surface area contributed by atoms with Crippen molar-refractivity contribution >= 4 is 21.8 Å². The Labute approximate surface area is 134 Å². The second-order valence-electron chi connectivity index (χ2n) is 6.54. The first-order valence-electron chi connectivity index (χ1n) is 7.91. The van der Waals surface area contributed by atoms with Crippen LogP contribution in [0.3, 0.4) is 0 Å². The van der Waals surface area contributed by atoms with Gasteiger partial charge in [-0.25, -0.2) is 0 Å². The quantitative estimate of drug-likeness (QED) is 0.879. The summed E-state index contributed by atoms with van der Waals surface area (Å²) in [6.45, 7) is 0.607. The number of carbonyl (C=O) groups excluding carboxylic acids is 1. The van der Waals surface area contributed by atoms with Crippen LogP contribution in [-0.2, 0) is 11.3 Å². The monoisotopic (exact) mass is 350 g/mol. The fourth-order valence-corrected chi connectivity index (χ4v) is 4.43. The molecule has 114 valence electrons. The molecule has 4 heteroatoms. The van der Waals surface area contributed by atoms with E-state index in [-0.39, 0.29) is 11.8 Å². The zero-order chi connectivity index (χ0) is 14.8. The molecule has 0 saturated heterocycles. The highest BCUT2D eigenvalue weighted by atomic mass is 79.9. The molecule has 0 radical (unpaired) electrons. The Morgan fingerprint density at radius 3 is 2.67 bits per heavy atom. The number of hydrogen-bond acceptors (Lipinski definition) is 2. The number of hydrogen-bond donors (Lipinski definition) is 2. The molecule has 1 aromatic carbocycles. The predicted octanol–water partition coefficient (Wildman–Crippen LogP) is 3.22. The van der Waals surface area contributed by atoms with E-state index in [2.05, 4.69) is 21.2 Å². The molecule has 2 unspecified atom stereocenters. The minimum atomic E-state index is 0.159. The number of amides is 1. The summed E-state index contributed by atoms with van der Waals surface area (Å²) in [5.74, 6) is 1.48. The molecule has 2 bridgehead atoms. The average Bonchev–Trinajstić information content (AvgIpc) is 2.44. The van der Waals surface area contributed by atoms with E-state index in [9.17, 15) is 4.79 Å². The Kier molecular flexibility index (Phi) is 4.65. The molecule has 1 aromatic rings. The van der Waals surface area contributed by atoms with E-state index in [4.69, 9.17) is 5.73 Å². The van der Waals surface area contributed by atoms with Crippen molar-refractivity contribution in [3.05, 3.63) is 34.3 Å². The number of nitrogens with one attached hydrogen (secondary N) is 1. The molecule has 3 nitrogen and oxygen atoms in total. The lowest BCUT2D eigenvalue weighted by Gasteiger charge is -2.43. The van der Waals surface area contributed by atoms with Gasteiger partial charge in [-0.2, -0.15) is 0 Å². The van der Waals surface area contributed by atoms with E-state index in [0.717, 1.165) is 22.9 Å². The molecule has 2 atom stereocenters. The lowest BCUT2D eigenvalue weighted by Crippen LogP contribution is -2.49. The molecule has 3 N–H and O–H groups in total. The van der Waals surface area contributed by atoms with Crippen LogP contribution < -0.4 is 11.1 Å². The molecule has 0 aliphatic heterocycles. The third-order valence-corrected chi connectivity index (χ3v) is 5.63. The first kappa shape index (κ1) is 15.0. The molecule has 2 saturated carbocycles. The van der Waals surface area contributed by atoms with Gasteiger partial charge in [0.05, 0.1) is 0 Å². The van der Waals surface area contributed by atoms with Crippen LogP contribution in [0.5, 0.6) is 0 Å². The van der Waals surface area contributed by atoms with Gasteiger partial charge in [0.1, 0.15) is 0 Å². The van der Waals surface area contributed by atoms with Crippen LogP contribution in [0.25, 0.3) is 0 Å². The molecule has 2 aliphatic rings. The number of rotatable bonds is 3. The van der Waals surface area contributed by atoms with Crippen LogP contribution >= 0.6 is 15.9 Å². The summed E-state index contributed by atoms with van der Waals surface area (Å²) in [4.78, 5) is 12.4.